The second kappa shape index (κ2) is 9.69. The van der Waals surface area contributed by atoms with E-state index in [9.17, 15) is 28.7 Å². The summed E-state index contributed by atoms with van der Waals surface area (Å²) in [5.41, 5.74) is 0.277. The summed E-state index contributed by atoms with van der Waals surface area (Å²) in [5, 5.41) is 10.5. The van der Waals surface area contributed by atoms with Gasteiger partial charge in [0.2, 0.25) is 23.6 Å². The zero-order chi connectivity index (χ0) is 29.4. The molecule has 6 unspecified atom stereocenters. The molecule has 1 N–H and O–H groups in total. The van der Waals surface area contributed by atoms with Gasteiger partial charge in [0.1, 0.15) is 5.82 Å². The predicted octanol–water partition coefficient (Wildman–Crippen LogP) is 4.83. The first-order valence-electron chi connectivity index (χ1n) is 13.8. The number of carbonyl (C=O) groups is 4. The van der Waals surface area contributed by atoms with Crippen LogP contribution in [0.25, 0.3) is 0 Å². The molecule has 1 saturated carbocycles. The molecule has 214 valence electrons. The largest absolute Gasteiger partial charge is 0.504 e. The molecular formula is C31H30ClFN2O6. The lowest BCUT2D eigenvalue weighted by Gasteiger charge is -2.49. The van der Waals surface area contributed by atoms with Gasteiger partial charge in [-0.2, -0.15) is 0 Å². The minimum atomic E-state index is -1.29. The van der Waals surface area contributed by atoms with Crippen LogP contribution in [0.2, 0.25) is 5.02 Å². The fourth-order valence-electron chi connectivity index (χ4n) is 7.66. The Bertz CT molecular complexity index is 1540. The average molecular weight is 581 g/mol. The Morgan fingerprint density at radius 3 is 2.49 bits per heavy atom. The summed E-state index contributed by atoms with van der Waals surface area (Å²) in [6, 6.07) is 8.59. The van der Waals surface area contributed by atoms with Crippen molar-refractivity contribution in [3.8, 4) is 11.5 Å². The fourth-order valence-corrected chi connectivity index (χ4v) is 7.84. The fraction of sp³-hybridized carbons (Fsp3) is 0.419. The first kappa shape index (κ1) is 27.4. The van der Waals surface area contributed by atoms with E-state index in [0.29, 0.717) is 24.9 Å². The van der Waals surface area contributed by atoms with E-state index < -0.39 is 52.6 Å². The first-order valence-corrected chi connectivity index (χ1v) is 14.2. The summed E-state index contributed by atoms with van der Waals surface area (Å²) in [7, 11) is 1.43. The summed E-state index contributed by atoms with van der Waals surface area (Å²) < 4.78 is 19.2. The molecule has 2 aliphatic carbocycles. The normalized spacial score (nSPS) is 30.8. The van der Waals surface area contributed by atoms with E-state index in [1.165, 1.54) is 30.2 Å². The third-order valence-electron chi connectivity index (χ3n) is 9.51. The van der Waals surface area contributed by atoms with Gasteiger partial charge in [-0.15, -0.1) is 0 Å². The van der Waals surface area contributed by atoms with Gasteiger partial charge < -0.3 is 9.84 Å². The molecule has 4 aliphatic rings. The molecule has 41 heavy (non-hydrogen) atoms. The van der Waals surface area contributed by atoms with Crippen molar-refractivity contribution in [2.75, 3.05) is 18.6 Å². The van der Waals surface area contributed by atoms with Crippen LogP contribution in [0, 0.1) is 34.9 Å². The molecule has 6 atom stereocenters. The van der Waals surface area contributed by atoms with Gasteiger partial charge >= 0.3 is 0 Å². The lowest BCUT2D eigenvalue weighted by atomic mass is 9.51. The Balaban J connectivity index is 1.52. The molecule has 2 aromatic rings. The van der Waals surface area contributed by atoms with E-state index in [-0.39, 0.29) is 40.4 Å². The molecule has 6 rings (SSSR count). The lowest BCUT2D eigenvalue weighted by Crippen LogP contribution is -2.48. The van der Waals surface area contributed by atoms with Gasteiger partial charge in [0, 0.05) is 12.5 Å². The molecule has 0 aromatic heterocycles. The van der Waals surface area contributed by atoms with Crippen LogP contribution >= 0.6 is 11.6 Å². The third-order valence-corrected chi connectivity index (χ3v) is 9.80. The van der Waals surface area contributed by atoms with Crippen molar-refractivity contribution in [1.29, 1.82) is 0 Å². The molecule has 0 bridgehead atoms. The van der Waals surface area contributed by atoms with Crippen LogP contribution in [0.1, 0.15) is 44.6 Å². The standard InChI is InChI=1S/C31H30ClFN2O6/c1-4-11-34-27(37)18-8-7-17-19(25(18)29(34)39)14-20-28(38)35(16-6-9-22(33)21(32)13-16)30(40)31(20,2)26(17)15-5-10-24(41-3)23(36)12-15/h5-7,9-10,12-13,18-20,25-26,36H,4,8,11,14H2,1-3H3. The maximum Gasteiger partial charge on any atom is 0.241 e. The second-order valence-corrected chi connectivity index (χ2v) is 11.9. The van der Waals surface area contributed by atoms with E-state index in [0.717, 1.165) is 16.5 Å². The number of imide groups is 2. The number of rotatable bonds is 5. The summed E-state index contributed by atoms with van der Waals surface area (Å²) >= 11 is 6.03. The van der Waals surface area contributed by atoms with E-state index in [1.807, 2.05) is 13.0 Å². The van der Waals surface area contributed by atoms with Crippen LogP contribution in [0.4, 0.5) is 10.1 Å². The number of likely N-dealkylation sites (tertiary alicyclic amines) is 1. The van der Waals surface area contributed by atoms with Gasteiger partial charge in [-0.3, -0.25) is 24.1 Å². The number of phenolic OH excluding ortho intramolecular Hbond substituents is 1. The zero-order valence-corrected chi connectivity index (χ0v) is 23.7. The van der Waals surface area contributed by atoms with Crippen molar-refractivity contribution < 1.29 is 33.4 Å². The minimum absolute atomic E-state index is 0.123. The molecule has 8 nitrogen and oxygen atoms in total. The van der Waals surface area contributed by atoms with Crippen LogP contribution in [0.3, 0.4) is 0 Å². The minimum Gasteiger partial charge on any atom is -0.504 e. The number of allylic oxidation sites excluding steroid dienone is 2. The Morgan fingerprint density at radius 1 is 1.07 bits per heavy atom. The Kier molecular flexibility index (Phi) is 6.48. The number of hydrogen-bond acceptors (Lipinski definition) is 6. The van der Waals surface area contributed by atoms with E-state index in [4.69, 9.17) is 16.3 Å². The van der Waals surface area contributed by atoms with Crippen molar-refractivity contribution in [2.45, 2.75) is 39.0 Å². The Hall–Kier alpha value is -3.72. The number of hydrogen-bond donors (Lipinski definition) is 1. The monoisotopic (exact) mass is 580 g/mol. The summed E-state index contributed by atoms with van der Waals surface area (Å²) in [4.78, 5) is 57.7. The highest BCUT2D eigenvalue weighted by Crippen LogP contribution is 2.64. The van der Waals surface area contributed by atoms with Crippen molar-refractivity contribution in [3.05, 3.63) is 64.5 Å². The van der Waals surface area contributed by atoms with Crippen LogP contribution < -0.4 is 9.64 Å². The number of nitrogens with zero attached hydrogens (tertiary/aromatic N) is 2. The first-order chi connectivity index (χ1) is 19.5. The molecule has 2 aromatic carbocycles. The SMILES string of the molecule is CCCN1C(=O)C2CC=C3C(CC4C(=O)N(c5ccc(F)c(Cl)c5)C(=O)C4(C)C3c3ccc(OC)c(O)c3)C2C1=O. The topological polar surface area (TPSA) is 104 Å². The van der Waals surface area contributed by atoms with E-state index in [1.54, 1.807) is 19.1 Å². The Morgan fingerprint density at radius 2 is 1.83 bits per heavy atom. The molecule has 2 saturated heterocycles. The number of benzene rings is 2. The lowest BCUT2D eigenvalue weighted by molar-refractivity contribution is -0.140. The zero-order valence-electron chi connectivity index (χ0n) is 22.9. The number of amides is 4. The quantitative estimate of drug-likeness (QED) is 0.401. The number of aromatic hydroxyl groups is 1. The molecule has 10 heteroatoms. The number of ether oxygens (including phenoxy) is 1. The summed E-state index contributed by atoms with van der Waals surface area (Å²) in [5.74, 6) is -5.03. The number of phenols is 1. The van der Waals surface area contributed by atoms with Crippen molar-refractivity contribution >= 4 is 40.9 Å². The number of halogens is 2. The molecule has 0 spiro atoms. The second-order valence-electron chi connectivity index (χ2n) is 11.5. The molecule has 4 amide bonds. The molecule has 2 heterocycles. The van der Waals surface area contributed by atoms with Crippen LogP contribution in [-0.2, 0) is 19.2 Å². The van der Waals surface area contributed by atoms with Crippen LogP contribution in [-0.4, -0.2) is 47.3 Å². The number of carbonyl (C=O) groups excluding carboxylic acids is 4. The molecule has 2 aliphatic heterocycles. The molecule has 0 radical (unpaired) electrons. The average Bonchev–Trinajstić information content (AvgIpc) is 3.30. The highest BCUT2D eigenvalue weighted by molar-refractivity contribution is 6.31. The molecule has 3 fully saturated rings. The highest BCUT2D eigenvalue weighted by atomic mass is 35.5. The van der Waals surface area contributed by atoms with Crippen LogP contribution in [0.5, 0.6) is 11.5 Å². The summed E-state index contributed by atoms with van der Waals surface area (Å²) in [6.45, 7) is 3.98. The van der Waals surface area contributed by atoms with Gasteiger partial charge in [-0.05, 0) is 68.0 Å². The van der Waals surface area contributed by atoms with Gasteiger partial charge in [-0.1, -0.05) is 36.2 Å². The van der Waals surface area contributed by atoms with Crippen molar-refractivity contribution in [1.82, 2.24) is 4.90 Å². The summed E-state index contributed by atoms with van der Waals surface area (Å²) in [6.07, 6.45) is 3.14. The van der Waals surface area contributed by atoms with Crippen LogP contribution in [0.15, 0.2) is 48.0 Å². The Labute approximate surface area is 241 Å². The molecular weight excluding hydrogens is 551 g/mol. The van der Waals surface area contributed by atoms with E-state index in [2.05, 4.69) is 0 Å². The maximum atomic E-state index is 14.3. The van der Waals surface area contributed by atoms with Gasteiger partial charge in [0.25, 0.3) is 0 Å². The predicted molar refractivity (Wildman–Crippen MR) is 148 cm³/mol. The van der Waals surface area contributed by atoms with E-state index >= 15 is 0 Å². The van der Waals surface area contributed by atoms with Crippen molar-refractivity contribution in [3.63, 3.8) is 0 Å². The number of anilines is 1. The smallest absolute Gasteiger partial charge is 0.241 e. The van der Waals surface area contributed by atoms with Gasteiger partial charge in [-0.25, -0.2) is 9.29 Å². The van der Waals surface area contributed by atoms with Gasteiger partial charge in [0.15, 0.2) is 11.5 Å². The van der Waals surface area contributed by atoms with Gasteiger partial charge in [0.05, 0.1) is 41.0 Å². The highest BCUT2D eigenvalue weighted by Gasteiger charge is 2.67. The third kappa shape index (κ3) is 3.77. The number of fused-ring (bicyclic) bond motifs is 4. The van der Waals surface area contributed by atoms with Crippen molar-refractivity contribution in [2.24, 2.45) is 29.1 Å². The number of methoxy groups -OCH3 is 1. The maximum absolute atomic E-state index is 14.3.